The van der Waals surface area contributed by atoms with E-state index in [1.54, 1.807) is 16.0 Å². The highest BCUT2D eigenvalue weighted by molar-refractivity contribution is 7.22. The fourth-order valence-corrected chi connectivity index (χ4v) is 4.68. The Morgan fingerprint density at radius 2 is 1.93 bits per heavy atom. The van der Waals surface area contributed by atoms with Gasteiger partial charge < -0.3 is 9.80 Å². The summed E-state index contributed by atoms with van der Waals surface area (Å²) < 4.78 is 2.94. The van der Waals surface area contributed by atoms with Gasteiger partial charge in [0.25, 0.3) is 5.91 Å². The molecule has 2 aromatic heterocycles. The summed E-state index contributed by atoms with van der Waals surface area (Å²) in [6, 6.07) is 6.43. The van der Waals surface area contributed by atoms with E-state index in [1.165, 1.54) is 10.3 Å². The molecule has 27 heavy (non-hydrogen) atoms. The smallest absolute Gasteiger partial charge is 0.274 e. The molecule has 1 fully saturated rings. The van der Waals surface area contributed by atoms with E-state index < -0.39 is 0 Å². The number of aromatic nitrogens is 3. The minimum Gasteiger partial charge on any atom is -0.345 e. The molecule has 1 saturated heterocycles. The monoisotopic (exact) mass is 383 g/mol. The van der Waals surface area contributed by atoms with E-state index >= 15 is 0 Å². The maximum absolute atomic E-state index is 12.8. The van der Waals surface area contributed by atoms with Crippen LogP contribution in [0, 0.1) is 6.92 Å². The number of anilines is 1. The van der Waals surface area contributed by atoms with Gasteiger partial charge in [-0.15, -0.1) is 0 Å². The lowest BCUT2D eigenvalue weighted by molar-refractivity contribution is 0.0739. The summed E-state index contributed by atoms with van der Waals surface area (Å²) in [6.45, 7) is 9.34. The molecule has 4 rings (SSSR count). The van der Waals surface area contributed by atoms with Crippen LogP contribution in [0.4, 0.5) is 5.13 Å². The summed E-state index contributed by atoms with van der Waals surface area (Å²) in [6.07, 6.45) is 1.89. The van der Waals surface area contributed by atoms with Crippen LogP contribution in [0.25, 0.3) is 10.2 Å². The average molecular weight is 384 g/mol. The van der Waals surface area contributed by atoms with Crippen molar-refractivity contribution in [3.05, 3.63) is 41.2 Å². The van der Waals surface area contributed by atoms with E-state index in [4.69, 9.17) is 4.98 Å². The summed E-state index contributed by atoms with van der Waals surface area (Å²) in [4.78, 5) is 21.9. The lowest BCUT2D eigenvalue weighted by Crippen LogP contribution is -2.49. The lowest BCUT2D eigenvalue weighted by Gasteiger charge is -2.34. The highest BCUT2D eigenvalue weighted by atomic mass is 32.1. The standard InChI is InChI=1S/C20H25N5OS/c1-13(2)15-6-5-7-16-18(15)21-20(27-16)25-10-8-24(9-11-25)19(26)17-14(3)12-23(4)22-17/h5-7,12-13H,8-11H2,1-4H3. The number of para-hydroxylation sites is 1. The molecule has 3 heterocycles. The van der Waals surface area contributed by atoms with E-state index in [9.17, 15) is 4.79 Å². The van der Waals surface area contributed by atoms with Crippen molar-refractivity contribution in [2.24, 2.45) is 7.05 Å². The normalized spacial score (nSPS) is 15.1. The van der Waals surface area contributed by atoms with E-state index in [-0.39, 0.29) is 5.91 Å². The van der Waals surface area contributed by atoms with E-state index in [0.717, 1.165) is 29.3 Å². The van der Waals surface area contributed by atoms with Crippen molar-refractivity contribution in [2.75, 3.05) is 31.1 Å². The number of hydrogen-bond donors (Lipinski definition) is 0. The molecule has 0 radical (unpaired) electrons. The molecule has 0 atom stereocenters. The van der Waals surface area contributed by atoms with Gasteiger partial charge in [0.2, 0.25) is 0 Å². The van der Waals surface area contributed by atoms with E-state index in [0.29, 0.717) is 24.7 Å². The van der Waals surface area contributed by atoms with Crippen LogP contribution < -0.4 is 4.90 Å². The minimum atomic E-state index is 0.0270. The zero-order valence-electron chi connectivity index (χ0n) is 16.3. The number of fused-ring (bicyclic) bond motifs is 1. The van der Waals surface area contributed by atoms with Crippen molar-refractivity contribution in [3.63, 3.8) is 0 Å². The minimum absolute atomic E-state index is 0.0270. The predicted molar refractivity (Wildman–Crippen MR) is 110 cm³/mol. The van der Waals surface area contributed by atoms with Crippen LogP contribution in [0.3, 0.4) is 0 Å². The zero-order chi connectivity index (χ0) is 19.1. The first kappa shape index (κ1) is 18.0. The Morgan fingerprint density at radius 1 is 1.19 bits per heavy atom. The van der Waals surface area contributed by atoms with Crippen molar-refractivity contribution >= 4 is 32.6 Å². The number of carbonyl (C=O) groups excluding carboxylic acids is 1. The zero-order valence-corrected chi connectivity index (χ0v) is 17.1. The molecule has 0 N–H and O–H groups in total. The Bertz CT molecular complexity index is 982. The van der Waals surface area contributed by atoms with Gasteiger partial charge in [-0.25, -0.2) is 4.98 Å². The maximum Gasteiger partial charge on any atom is 0.274 e. The molecule has 0 bridgehead atoms. The molecule has 0 aliphatic carbocycles. The number of hydrogen-bond acceptors (Lipinski definition) is 5. The van der Waals surface area contributed by atoms with Gasteiger partial charge >= 0.3 is 0 Å². The SMILES string of the molecule is Cc1cn(C)nc1C(=O)N1CCN(c2nc3c(C(C)C)cccc3s2)CC1. The van der Waals surface area contributed by atoms with Gasteiger partial charge in [0.1, 0.15) is 0 Å². The number of nitrogens with zero attached hydrogens (tertiary/aromatic N) is 5. The first-order chi connectivity index (χ1) is 12.9. The van der Waals surface area contributed by atoms with Gasteiger partial charge in [0, 0.05) is 45.0 Å². The summed E-state index contributed by atoms with van der Waals surface area (Å²) in [5.41, 5.74) is 3.91. The number of piperazine rings is 1. The van der Waals surface area contributed by atoms with Crippen LogP contribution in [0.15, 0.2) is 24.4 Å². The van der Waals surface area contributed by atoms with Crippen molar-refractivity contribution < 1.29 is 4.79 Å². The Morgan fingerprint density at radius 3 is 2.56 bits per heavy atom. The largest absolute Gasteiger partial charge is 0.345 e. The molecule has 1 amide bonds. The number of thiazole rings is 1. The van der Waals surface area contributed by atoms with Crippen molar-refractivity contribution in [1.29, 1.82) is 0 Å². The lowest BCUT2D eigenvalue weighted by atomic mass is 10.0. The van der Waals surface area contributed by atoms with Gasteiger partial charge in [-0.05, 0) is 24.5 Å². The fourth-order valence-electron chi connectivity index (χ4n) is 3.63. The average Bonchev–Trinajstić information content (AvgIpc) is 3.23. The van der Waals surface area contributed by atoms with Gasteiger partial charge in [0.05, 0.1) is 10.2 Å². The second kappa shape index (κ2) is 6.96. The third kappa shape index (κ3) is 3.32. The Balaban J connectivity index is 1.49. The molecule has 3 aromatic rings. The van der Waals surface area contributed by atoms with E-state index in [2.05, 4.69) is 42.0 Å². The second-order valence-corrected chi connectivity index (χ2v) is 8.47. The Kier molecular flexibility index (Phi) is 4.63. The number of aryl methyl sites for hydroxylation is 2. The van der Waals surface area contributed by atoms with Crippen molar-refractivity contribution in [3.8, 4) is 0 Å². The summed E-state index contributed by atoms with van der Waals surface area (Å²) >= 11 is 1.74. The Labute approximate surface area is 163 Å². The second-order valence-electron chi connectivity index (χ2n) is 7.46. The molecular weight excluding hydrogens is 358 g/mol. The third-order valence-corrected chi connectivity index (χ3v) is 6.19. The Hall–Kier alpha value is -2.41. The van der Waals surface area contributed by atoms with Crippen molar-refractivity contribution in [1.82, 2.24) is 19.7 Å². The molecule has 1 aromatic carbocycles. The first-order valence-electron chi connectivity index (χ1n) is 9.38. The first-order valence-corrected chi connectivity index (χ1v) is 10.2. The van der Waals surface area contributed by atoms with E-state index in [1.807, 2.05) is 25.1 Å². The molecule has 1 aliphatic heterocycles. The van der Waals surface area contributed by atoms with Crippen molar-refractivity contribution in [2.45, 2.75) is 26.7 Å². The molecular formula is C20H25N5OS. The third-order valence-electron chi connectivity index (χ3n) is 5.11. The predicted octanol–water partition coefficient (Wildman–Crippen LogP) is 3.42. The highest BCUT2D eigenvalue weighted by Gasteiger charge is 2.26. The number of rotatable bonds is 3. The number of amides is 1. The number of carbonyl (C=O) groups is 1. The highest BCUT2D eigenvalue weighted by Crippen LogP contribution is 2.33. The molecule has 1 aliphatic rings. The topological polar surface area (TPSA) is 54.3 Å². The molecule has 0 spiro atoms. The molecule has 7 heteroatoms. The van der Waals surface area contributed by atoms with Gasteiger partial charge in [-0.3, -0.25) is 9.48 Å². The molecule has 142 valence electrons. The molecule has 6 nitrogen and oxygen atoms in total. The van der Waals surface area contributed by atoms with Gasteiger partial charge in [0.15, 0.2) is 10.8 Å². The maximum atomic E-state index is 12.8. The fraction of sp³-hybridized carbons (Fsp3) is 0.450. The molecule has 0 unspecified atom stereocenters. The van der Waals surface area contributed by atoms with Crippen LogP contribution in [0.5, 0.6) is 0 Å². The number of benzene rings is 1. The van der Waals surface area contributed by atoms with Gasteiger partial charge in [-0.1, -0.05) is 37.3 Å². The summed E-state index contributed by atoms with van der Waals surface area (Å²) in [7, 11) is 1.85. The molecule has 0 saturated carbocycles. The van der Waals surface area contributed by atoms with Crippen LogP contribution in [-0.2, 0) is 7.05 Å². The van der Waals surface area contributed by atoms with Crippen LogP contribution in [0.1, 0.15) is 41.4 Å². The summed E-state index contributed by atoms with van der Waals surface area (Å²) in [5, 5.41) is 5.37. The van der Waals surface area contributed by atoms with Gasteiger partial charge in [-0.2, -0.15) is 5.10 Å². The quantitative estimate of drug-likeness (QED) is 0.695. The van der Waals surface area contributed by atoms with Crippen LogP contribution >= 0.6 is 11.3 Å². The van der Waals surface area contributed by atoms with Crippen LogP contribution in [0.2, 0.25) is 0 Å². The summed E-state index contributed by atoms with van der Waals surface area (Å²) in [5.74, 6) is 0.485. The van der Waals surface area contributed by atoms with Crippen LogP contribution in [-0.4, -0.2) is 51.8 Å².